The highest BCUT2D eigenvalue weighted by atomic mass is 35.5. The number of H-pyrrole nitrogens is 1. The van der Waals surface area contributed by atoms with E-state index < -0.39 is 0 Å². The summed E-state index contributed by atoms with van der Waals surface area (Å²) in [5.41, 5.74) is 4.17. The summed E-state index contributed by atoms with van der Waals surface area (Å²) in [4.78, 5) is 22.2. The molecule has 2 N–H and O–H groups in total. The maximum absolute atomic E-state index is 12.9. The number of aliphatic imine (C=N–C) groups is 1. The van der Waals surface area contributed by atoms with Crippen LogP contribution in [0.1, 0.15) is 57.9 Å². The Morgan fingerprint density at radius 3 is 2.72 bits per heavy atom. The number of hydrogen-bond acceptors (Lipinski definition) is 5. The molecule has 0 saturated heterocycles. The zero-order valence-electron chi connectivity index (χ0n) is 19.7. The van der Waals surface area contributed by atoms with Crippen LogP contribution in [0, 0.1) is 0 Å². The molecule has 3 aromatic heterocycles. The quantitative estimate of drug-likeness (QED) is 0.307. The highest BCUT2D eigenvalue weighted by molar-refractivity contribution is 7.15. The molecular formula is C27H23ClN6OS. The lowest BCUT2D eigenvalue weighted by molar-refractivity contribution is 0.0945. The molecule has 1 aliphatic heterocycles. The number of carbonyl (C=O) groups excluding carboxylic acids is 1. The van der Waals surface area contributed by atoms with Crippen LogP contribution in [0.5, 0.6) is 0 Å². The van der Waals surface area contributed by atoms with Crippen LogP contribution in [0.25, 0.3) is 15.9 Å². The summed E-state index contributed by atoms with van der Waals surface area (Å²) >= 11 is 8.27. The fourth-order valence-electron chi connectivity index (χ4n) is 4.39. The molecule has 5 aromatic rings. The van der Waals surface area contributed by atoms with Crippen LogP contribution in [-0.2, 0) is 13.1 Å². The number of benzene rings is 2. The topological polar surface area (TPSA) is 88.0 Å². The van der Waals surface area contributed by atoms with Crippen molar-refractivity contribution in [3.8, 4) is 5.00 Å². The number of carbonyl (C=O) groups is 1. The van der Waals surface area contributed by atoms with E-state index in [0.717, 1.165) is 38.6 Å². The summed E-state index contributed by atoms with van der Waals surface area (Å²) in [6, 6.07) is 19.6. The van der Waals surface area contributed by atoms with Gasteiger partial charge in [-0.15, -0.1) is 21.5 Å². The number of para-hydroxylation sites is 1. The van der Waals surface area contributed by atoms with E-state index in [1.165, 1.54) is 4.88 Å². The van der Waals surface area contributed by atoms with E-state index >= 15 is 0 Å². The highest BCUT2D eigenvalue weighted by Gasteiger charge is 2.27. The number of halogens is 1. The number of fused-ring (bicyclic) bond motifs is 4. The third-order valence-electron chi connectivity index (χ3n) is 6.25. The Morgan fingerprint density at radius 2 is 1.92 bits per heavy atom. The number of thiophene rings is 1. The third kappa shape index (κ3) is 3.92. The Bertz CT molecular complexity index is 1610. The van der Waals surface area contributed by atoms with Gasteiger partial charge in [0, 0.05) is 31.9 Å². The molecule has 1 aliphatic rings. The smallest absolute Gasteiger partial charge is 0.268 e. The highest BCUT2D eigenvalue weighted by Crippen LogP contribution is 2.37. The molecule has 0 atom stereocenters. The summed E-state index contributed by atoms with van der Waals surface area (Å²) in [6.07, 6.45) is 0. The summed E-state index contributed by atoms with van der Waals surface area (Å²) < 4.78 is 2.03. The van der Waals surface area contributed by atoms with Gasteiger partial charge in [0.1, 0.15) is 17.2 Å². The van der Waals surface area contributed by atoms with Gasteiger partial charge in [0.05, 0.1) is 12.3 Å². The van der Waals surface area contributed by atoms with Gasteiger partial charge in [0.2, 0.25) is 0 Å². The van der Waals surface area contributed by atoms with E-state index in [4.69, 9.17) is 16.6 Å². The second kappa shape index (κ2) is 9.04. The molecular weight excluding hydrogens is 492 g/mol. The van der Waals surface area contributed by atoms with Crippen LogP contribution >= 0.6 is 22.9 Å². The molecule has 0 aliphatic carbocycles. The fraction of sp³-hybridized carbons (Fsp3) is 0.185. The van der Waals surface area contributed by atoms with E-state index in [2.05, 4.69) is 40.4 Å². The number of aromatic amines is 1. The lowest BCUT2D eigenvalue weighted by atomic mass is 10.0. The van der Waals surface area contributed by atoms with Crippen molar-refractivity contribution in [2.45, 2.75) is 32.9 Å². The van der Waals surface area contributed by atoms with Gasteiger partial charge < -0.3 is 10.3 Å². The summed E-state index contributed by atoms with van der Waals surface area (Å²) in [7, 11) is 0. The van der Waals surface area contributed by atoms with Gasteiger partial charge in [-0.05, 0) is 30.2 Å². The van der Waals surface area contributed by atoms with Gasteiger partial charge in [0.25, 0.3) is 5.91 Å². The molecule has 9 heteroatoms. The SMILES string of the molecule is CC(C)c1cc2c(s1)-n1c(nnc1CNC(=O)c1cc3ccccc3[nH]1)CN=C2c1ccccc1Cl. The van der Waals surface area contributed by atoms with Crippen LogP contribution < -0.4 is 5.32 Å². The molecule has 36 heavy (non-hydrogen) atoms. The first-order valence-corrected chi connectivity index (χ1v) is 12.9. The minimum absolute atomic E-state index is 0.195. The van der Waals surface area contributed by atoms with Gasteiger partial charge >= 0.3 is 0 Å². The van der Waals surface area contributed by atoms with Crippen molar-refractivity contribution in [1.82, 2.24) is 25.1 Å². The zero-order chi connectivity index (χ0) is 24.8. The number of amides is 1. The van der Waals surface area contributed by atoms with Crippen LogP contribution in [-0.4, -0.2) is 31.4 Å². The summed E-state index contributed by atoms with van der Waals surface area (Å²) in [5, 5.41) is 14.5. The Labute approximate surface area is 216 Å². The molecule has 180 valence electrons. The molecule has 4 heterocycles. The van der Waals surface area contributed by atoms with Crippen molar-refractivity contribution in [2.75, 3.05) is 0 Å². The molecule has 0 spiro atoms. The van der Waals surface area contributed by atoms with Crippen molar-refractivity contribution >= 4 is 45.5 Å². The predicted molar refractivity (Wildman–Crippen MR) is 144 cm³/mol. The van der Waals surface area contributed by atoms with E-state index in [1.54, 1.807) is 11.3 Å². The second-order valence-electron chi connectivity index (χ2n) is 8.99. The molecule has 0 radical (unpaired) electrons. The van der Waals surface area contributed by atoms with Crippen LogP contribution in [0.2, 0.25) is 5.02 Å². The van der Waals surface area contributed by atoms with Gasteiger partial charge in [-0.2, -0.15) is 0 Å². The normalized spacial score (nSPS) is 12.8. The Kier molecular flexibility index (Phi) is 5.70. The molecule has 1 amide bonds. The summed E-state index contributed by atoms with van der Waals surface area (Å²) in [6.45, 7) is 4.94. The van der Waals surface area contributed by atoms with Gasteiger partial charge in [-0.3, -0.25) is 14.4 Å². The fourth-order valence-corrected chi connectivity index (χ4v) is 5.82. The lowest BCUT2D eigenvalue weighted by Crippen LogP contribution is -2.25. The first kappa shape index (κ1) is 22.7. The number of aromatic nitrogens is 4. The zero-order valence-corrected chi connectivity index (χ0v) is 21.3. The lowest BCUT2D eigenvalue weighted by Gasteiger charge is -2.10. The Morgan fingerprint density at radius 1 is 1.11 bits per heavy atom. The molecule has 0 fully saturated rings. The number of nitrogens with zero attached hydrogens (tertiary/aromatic N) is 4. The van der Waals surface area contributed by atoms with Crippen molar-refractivity contribution in [1.29, 1.82) is 0 Å². The second-order valence-corrected chi connectivity index (χ2v) is 10.5. The molecule has 2 aromatic carbocycles. The van der Waals surface area contributed by atoms with Gasteiger partial charge in [-0.1, -0.05) is 61.8 Å². The van der Waals surface area contributed by atoms with Crippen molar-refractivity contribution in [3.05, 3.63) is 99.0 Å². The van der Waals surface area contributed by atoms with Crippen LogP contribution in [0.4, 0.5) is 0 Å². The van der Waals surface area contributed by atoms with E-state index in [0.29, 0.717) is 29.0 Å². The first-order valence-electron chi connectivity index (χ1n) is 11.7. The van der Waals surface area contributed by atoms with Crippen molar-refractivity contribution in [3.63, 3.8) is 0 Å². The Balaban J connectivity index is 1.36. The molecule has 0 saturated carbocycles. The average molecular weight is 515 g/mol. The van der Waals surface area contributed by atoms with E-state index in [1.807, 2.05) is 59.2 Å². The minimum Gasteiger partial charge on any atom is -0.351 e. The first-order chi connectivity index (χ1) is 17.5. The maximum atomic E-state index is 12.9. The van der Waals surface area contributed by atoms with Crippen LogP contribution in [0.3, 0.4) is 0 Å². The van der Waals surface area contributed by atoms with Gasteiger partial charge in [0.15, 0.2) is 11.6 Å². The van der Waals surface area contributed by atoms with E-state index in [9.17, 15) is 4.79 Å². The number of nitrogens with one attached hydrogen (secondary N) is 2. The summed E-state index contributed by atoms with van der Waals surface area (Å²) in [5.74, 6) is 1.53. The molecule has 0 bridgehead atoms. The largest absolute Gasteiger partial charge is 0.351 e. The molecule has 7 nitrogen and oxygen atoms in total. The van der Waals surface area contributed by atoms with Crippen molar-refractivity contribution in [2.24, 2.45) is 4.99 Å². The Hall–Kier alpha value is -3.75. The predicted octanol–water partition coefficient (Wildman–Crippen LogP) is 5.87. The monoisotopic (exact) mass is 514 g/mol. The van der Waals surface area contributed by atoms with Crippen molar-refractivity contribution < 1.29 is 4.79 Å². The standard InChI is InChI=1S/C27H23ClN6OS/c1-15(2)22-12-18-25(17-8-4-5-9-19(17)28)29-13-23-32-33-24(34(23)27(18)36-22)14-30-26(35)21-11-16-7-3-6-10-20(16)31-21/h3-12,15,31H,13-14H2,1-2H3,(H,30,35). The van der Waals surface area contributed by atoms with E-state index in [-0.39, 0.29) is 12.5 Å². The minimum atomic E-state index is -0.195. The number of rotatable bonds is 5. The average Bonchev–Trinajstić information content (AvgIpc) is 3.58. The molecule has 6 rings (SSSR count). The van der Waals surface area contributed by atoms with Crippen LogP contribution in [0.15, 0.2) is 65.7 Å². The maximum Gasteiger partial charge on any atom is 0.268 e. The third-order valence-corrected chi connectivity index (χ3v) is 8.00. The molecule has 0 unspecified atom stereocenters. The number of hydrogen-bond donors (Lipinski definition) is 2. The van der Waals surface area contributed by atoms with Gasteiger partial charge in [-0.25, -0.2) is 0 Å².